The van der Waals surface area contributed by atoms with Crippen LogP contribution in [0, 0.1) is 17.9 Å². The predicted octanol–water partition coefficient (Wildman–Crippen LogP) is 18.1. The van der Waals surface area contributed by atoms with Crippen molar-refractivity contribution >= 4 is 5.69 Å². The summed E-state index contributed by atoms with van der Waals surface area (Å²) < 4.78 is 0. The van der Waals surface area contributed by atoms with E-state index in [-0.39, 0.29) is 11.8 Å². The number of nitrogens with zero attached hydrogens (tertiary/aromatic N) is 8. The van der Waals surface area contributed by atoms with Crippen molar-refractivity contribution in [3.63, 3.8) is 0 Å². The zero-order valence-corrected chi connectivity index (χ0v) is 45.1. The minimum atomic E-state index is 0.00494. The summed E-state index contributed by atoms with van der Waals surface area (Å²) in [6, 6.07) is 94.0. The van der Waals surface area contributed by atoms with Crippen molar-refractivity contribution in [1.82, 2.24) is 29.9 Å². The lowest BCUT2D eigenvalue weighted by atomic mass is 9.60. The lowest BCUT2D eigenvalue weighted by molar-refractivity contribution is 0.755. The molecule has 2 heterocycles. The minimum Gasteiger partial charge on any atom is -0.238 e. The number of nitriles is 1. The Morgan fingerprint density at radius 1 is 0.274 bits per heavy atom. The summed E-state index contributed by atoms with van der Waals surface area (Å²) in [4.78, 5) is 34.7. The maximum atomic E-state index is 9.46. The molecule has 8 heteroatoms. The lowest BCUT2D eigenvalue weighted by Gasteiger charge is -2.42. The van der Waals surface area contributed by atoms with E-state index in [1.807, 2.05) is 133 Å². The first-order valence-electron chi connectivity index (χ1n) is 27.9. The number of rotatable bonds is 10. The van der Waals surface area contributed by atoms with E-state index in [4.69, 9.17) is 36.5 Å². The summed E-state index contributed by atoms with van der Waals surface area (Å²) in [6.45, 7) is 7.45. The van der Waals surface area contributed by atoms with E-state index >= 15 is 0 Å². The quantitative estimate of drug-likeness (QED) is 0.126. The van der Waals surface area contributed by atoms with Gasteiger partial charge in [0.15, 0.2) is 40.6 Å². The molecule has 2 bridgehead atoms. The Morgan fingerprint density at radius 2 is 0.619 bits per heavy atom. The van der Waals surface area contributed by atoms with E-state index in [1.165, 1.54) is 33.4 Å². The van der Waals surface area contributed by atoms with E-state index in [9.17, 15) is 5.26 Å². The highest BCUT2D eigenvalue weighted by molar-refractivity contribution is 5.87. The summed E-state index contributed by atoms with van der Waals surface area (Å²) in [7, 11) is 0. The van der Waals surface area contributed by atoms with Gasteiger partial charge in [-0.3, -0.25) is 0 Å². The van der Waals surface area contributed by atoms with Gasteiger partial charge in [-0.2, -0.15) is 5.26 Å². The summed E-state index contributed by atoms with van der Waals surface area (Å²) in [5, 5.41) is 9.46. The highest BCUT2D eigenvalue weighted by Crippen LogP contribution is 2.57. The van der Waals surface area contributed by atoms with Crippen molar-refractivity contribution < 1.29 is 0 Å². The Labute approximate surface area is 486 Å². The predicted molar refractivity (Wildman–Crippen MR) is 333 cm³/mol. The highest BCUT2D eigenvalue weighted by Gasteiger charge is 2.41. The van der Waals surface area contributed by atoms with E-state index in [1.54, 1.807) is 0 Å². The summed E-state index contributed by atoms with van der Waals surface area (Å²) >= 11 is 0. The summed E-state index contributed by atoms with van der Waals surface area (Å²) in [5.74, 6) is 3.50. The fourth-order valence-electron chi connectivity index (χ4n) is 12.2. The van der Waals surface area contributed by atoms with E-state index in [0.717, 1.165) is 77.9 Å². The van der Waals surface area contributed by atoms with Crippen LogP contribution in [0.5, 0.6) is 0 Å². The molecule has 3 aliphatic carbocycles. The van der Waals surface area contributed by atoms with Crippen LogP contribution in [0.3, 0.4) is 0 Å². The molecule has 0 radical (unpaired) electrons. The normalized spacial score (nSPS) is 13.5. The van der Waals surface area contributed by atoms with Crippen molar-refractivity contribution in [1.29, 1.82) is 5.26 Å². The second kappa shape index (κ2) is 20.8. The van der Waals surface area contributed by atoms with Crippen LogP contribution in [-0.2, 0) is 0 Å². The fraction of sp³-hybridized carbons (Fsp3) is 0.0263. The molecule has 0 saturated carbocycles. The van der Waals surface area contributed by atoms with Gasteiger partial charge in [0.05, 0.1) is 18.2 Å². The first kappa shape index (κ1) is 49.5. The molecule has 0 saturated heterocycles. The molecule has 0 amide bonds. The molecule has 0 fully saturated rings. The van der Waals surface area contributed by atoms with Gasteiger partial charge in [-0.05, 0) is 114 Å². The van der Waals surface area contributed by atoms with Crippen LogP contribution in [0.1, 0.15) is 50.8 Å². The summed E-state index contributed by atoms with van der Waals surface area (Å²) in [6.07, 6.45) is 0. The molecule has 8 nitrogen and oxygen atoms in total. The molecule has 84 heavy (non-hydrogen) atoms. The Hall–Kier alpha value is -11.6. The van der Waals surface area contributed by atoms with Crippen LogP contribution in [0.2, 0.25) is 0 Å². The average Bonchev–Trinajstić information content (AvgIpc) is 1.10. The van der Waals surface area contributed by atoms with Crippen molar-refractivity contribution in [2.45, 2.75) is 11.8 Å². The SMILES string of the molecule is [C-]#[N+]c1ccc(-c2cccc(-c3nc(-c4ccccc4)nc(-c4ccccc4-c4ccc5c(c4)C4c6ccccc6C5c5cc(-c6ccccc6-c6nc(-c7ccccc7)nc(-c7cccc(-c8ccc(C#N)cc8)c7)n6)ccc54)n3)c2)cc1. The molecule has 3 aliphatic rings. The molecule has 2 unspecified atom stereocenters. The second-order valence-corrected chi connectivity index (χ2v) is 21.1. The molecular weight excluding hydrogens is 1020 g/mol. The number of aromatic nitrogens is 6. The van der Waals surface area contributed by atoms with Crippen molar-refractivity contribution in [3.8, 4) is 119 Å². The number of benzene rings is 11. The molecule has 0 spiro atoms. The maximum Gasteiger partial charge on any atom is 0.187 e. The molecule has 0 aliphatic heterocycles. The molecule has 13 aromatic rings. The lowest BCUT2D eigenvalue weighted by Crippen LogP contribution is -2.27. The Balaban J connectivity index is 0.812. The van der Waals surface area contributed by atoms with Gasteiger partial charge in [0.25, 0.3) is 0 Å². The Morgan fingerprint density at radius 3 is 1.06 bits per heavy atom. The van der Waals surface area contributed by atoms with Crippen LogP contribution in [0.4, 0.5) is 5.69 Å². The monoisotopic (exact) mass is 1070 g/mol. The van der Waals surface area contributed by atoms with Gasteiger partial charge in [0, 0.05) is 45.2 Å². The highest BCUT2D eigenvalue weighted by atomic mass is 15.0. The molecule has 2 aromatic heterocycles. The zero-order chi connectivity index (χ0) is 56.1. The topological polar surface area (TPSA) is 105 Å². The third-order valence-electron chi connectivity index (χ3n) is 16.2. The largest absolute Gasteiger partial charge is 0.238 e. The molecule has 390 valence electrons. The maximum absolute atomic E-state index is 9.46. The van der Waals surface area contributed by atoms with Crippen molar-refractivity contribution in [3.05, 3.63) is 317 Å². The van der Waals surface area contributed by atoms with Crippen LogP contribution in [-0.4, -0.2) is 29.9 Å². The van der Waals surface area contributed by atoms with Crippen molar-refractivity contribution in [2.75, 3.05) is 0 Å². The van der Waals surface area contributed by atoms with Crippen LogP contribution >= 0.6 is 0 Å². The van der Waals surface area contributed by atoms with E-state index in [0.29, 0.717) is 46.2 Å². The molecule has 0 N–H and O–H groups in total. The smallest absolute Gasteiger partial charge is 0.187 e. The van der Waals surface area contributed by atoms with Gasteiger partial charge >= 0.3 is 0 Å². The zero-order valence-electron chi connectivity index (χ0n) is 45.1. The van der Waals surface area contributed by atoms with E-state index in [2.05, 4.69) is 144 Å². The van der Waals surface area contributed by atoms with Gasteiger partial charge in [-0.1, -0.05) is 231 Å². The third kappa shape index (κ3) is 8.89. The van der Waals surface area contributed by atoms with E-state index < -0.39 is 0 Å². The van der Waals surface area contributed by atoms with Gasteiger partial charge in [0.1, 0.15) is 0 Å². The van der Waals surface area contributed by atoms with Crippen LogP contribution in [0.25, 0.3) is 118 Å². The Kier molecular flexibility index (Phi) is 12.3. The van der Waals surface area contributed by atoms with Gasteiger partial charge in [-0.25, -0.2) is 34.7 Å². The first-order chi connectivity index (χ1) is 41.5. The van der Waals surface area contributed by atoms with Gasteiger partial charge < -0.3 is 0 Å². The molecular formula is C76H46N8. The van der Waals surface area contributed by atoms with Crippen LogP contribution in [0.15, 0.2) is 267 Å². The molecule has 16 rings (SSSR count). The number of hydrogen-bond donors (Lipinski definition) is 0. The van der Waals surface area contributed by atoms with Gasteiger partial charge in [-0.15, -0.1) is 0 Å². The molecule has 2 atom stereocenters. The molecule has 11 aromatic carbocycles. The Bertz CT molecular complexity index is 4510. The fourth-order valence-corrected chi connectivity index (χ4v) is 12.2. The standard InChI is InChI=1S/C76H46N8/c1-78-58-38-34-49(35-39-58)53-21-15-23-57(43-53)74-80-72(51-18-6-3-7-19-51)82-76(84-74)66-29-13-9-25-60(66)55-37-41-64-68(45-55)70-62-27-11-10-26-61(62)69(64)67-44-54(36-40-63(67)70)59-24-8-12-28-65(59)75-81-71(50-16-4-2-5-17-50)79-73(83-75)56-22-14-20-52(42-56)48-32-30-47(46-77)31-33-48/h2-45,69-70H. The summed E-state index contributed by atoms with van der Waals surface area (Å²) in [5.41, 5.74) is 22.6. The minimum absolute atomic E-state index is 0.00494. The average molecular weight is 1070 g/mol. The van der Waals surface area contributed by atoms with Crippen molar-refractivity contribution in [2.24, 2.45) is 0 Å². The second-order valence-electron chi connectivity index (χ2n) is 21.1. The van der Waals surface area contributed by atoms with Gasteiger partial charge in [0.2, 0.25) is 0 Å². The number of hydrogen-bond acceptors (Lipinski definition) is 7. The first-order valence-corrected chi connectivity index (χ1v) is 27.9. The third-order valence-corrected chi connectivity index (χ3v) is 16.2. The van der Waals surface area contributed by atoms with Crippen LogP contribution < -0.4 is 0 Å².